The van der Waals surface area contributed by atoms with Crippen molar-refractivity contribution in [1.82, 2.24) is 0 Å². The van der Waals surface area contributed by atoms with Crippen molar-refractivity contribution < 1.29 is 33.3 Å². The first-order valence-electron chi connectivity index (χ1n) is 15.6. The SMILES string of the molecule is CCCCC(CC)OC(=O)CCCCCCCOC(COCC)COCCCCCCCC(=O)OC(C)C. The summed E-state index contributed by atoms with van der Waals surface area (Å²) in [5.74, 6) is -0.136. The smallest absolute Gasteiger partial charge is 0.306 e. The van der Waals surface area contributed by atoms with Gasteiger partial charge in [0.25, 0.3) is 0 Å². The van der Waals surface area contributed by atoms with Gasteiger partial charge in [0.1, 0.15) is 12.2 Å². The molecule has 0 aromatic rings. The Balaban J connectivity index is 3.74. The molecular formula is C31H60O7. The maximum Gasteiger partial charge on any atom is 0.306 e. The summed E-state index contributed by atoms with van der Waals surface area (Å²) in [6, 6.07) is 0. The average Bonchev–Trinajstić information content (AvgIpc) is 2.89. The molecule has 0 aliphatic heterocycles. The fourth-order valence-corrected chi connectivity index (χ4v) is 4.11. The predicted molar refractivity (Wildman–Crippen MR) is 153 cm³/mol. The predicted octanol–water partition coefficient (Wildman–Crippen LogP) is 7.57. The molecule has 0 amide bonds. The highest BCUT2D eigenvalue weighted by atomic mass is 16.6. The summed E-state index contributed by atoms with van der Waals surface area (Å²) in [5, 5.41) is 0. The van der Waals surface area contributed by atoms with Gasteiger partial charge in [-0.3, -0.25) is 9.59 Å². The van der Waals surface area contributed by atoms with Crippen LogP contribution >= 0.6 is 0 Å². The number of rotatable bonds is 28. The van der Waals surface area contributed by atoms with Crippen molar-refractivity contribution in [3.05, 3.63) is 0 Å². The lowest BCUT2D eigenvalue weighted by molar-refractivity contribution is -0.150. The molecule has 7 heteroatoms. The van der Waals surface area contributed by atoms with Crippen LogP contribution in [0.2, 0.25) is 0 Å². The van der Waals surface area contributed by atoms with Crippen molar-refractivity contribution in [1.29, 1.82) is 0 Å². The zero-order valence-corrected chi connectivity index (χ0v) is 25.4. The molecule has 0 heterocycles. The molecule has 0 N–H and O–H groups in total. The van der Waals surface area contributed by atoms with E-state index in [0.717, 1.165) is 96.5 Å². The summed E-state index contributed by atoms with van der Waals surface area (Å²) in [4.78, 5) is 23.6. The third-order valence-electron chi connectivity index (χ3n) is 6.36. The van der Waals surface area contributed by atoms with E-state index in [1.54, 1.807) is 0 Å². The van der Waals surface area contributed by atoms with Crippen LogP contribution < -0.4 is 0 Å². The highest BCUT2D eigenvalue weighted by Gasteiger charge is 2.12. The van der Waals surface area contributed by atoms with E-state index >= 15 is 0 Å². The van der Waals surface area contributed by atoms with Gasteiger partial charge in [0.2, 0.25) is 0 Å². The molecule has 0 aromatic heterocycles. The number of hydrogen-bond acceptors (Lipinski definition) is 7. The molecule has 0 aromatic carbocycles. The van der Waals surface area contributed by atoms with E-state index in [2.05, 4.69) is 13.8 Å². The Labute approximate surface area is 234 Å². The molecule has 0 spiro atoms. The summed E-state index contributed by atoms with van der Waals surface area (Å²) in [6.07, 6.45) is 15.5. The highest BCUT2D eigenvalue weighted by molar-refractivity contribution is 5.69. The van der Waals surface area contributed by atoms with Gasteiger partial charge in [0.15, 0.2) is 0 Å². The fraction of sp³-hybridized carbons (Fsp3) is 0.935. The van der Waals surface area contributed by atoms with Crippen LogP contribution in [-0.4, -0.2) is 63.3 Å². The Morgan fingerprint density at radius 3 is 1.74 bits per heavy atom. The topological polar surface area (TPSA) is 80.3 Å². The van der Waals surface area contributed by atoms with Gasteiger partial charge < -0.3 is 23.7 Å². The van der Waals surface area contributed by atoms with Crippen molar-refractivity contribution in [3.8, 4) is 0 Å². The minimum atomic E-state index is -0.0937. The normalized spacial score (nSPS) is 13.0. The second-order valence-electron chi connectivity index (χ2n) is 10.5. The molecule has 38 heavy (non-hydrogen) atoms. The lowest BCUT2D eigenvalue weighted by Crippen LogP contribution is -2.26. The van der Waals surface area contributed by atoms with Gasteiger partial charge in [0, 0.05) is 32.7 Å². The van der Waals surface area contributed by atoms with Crippen molar-refractivity contribution in [2.75, 3.05) is 33.0 Å². The van der Waals surface area contributed by atoms with Gasteiger partial charge in [-0.25, -0.2) is 0 Å². The maximum atomic E-state index is 12.0. The summed E-state index contributed by atoms with van der Waals surface area (Å²) in [6.45, 7) is 13.2. The molecule has 0 fully saturated rings. The summed E-state index contributed by atoms with van der Waals surface area (Å²) in [5.41, 5.74) is 0. The Bertz CT molecular complexity index is 538. The Hall–Kier alpha value is -1.18. The fourth-order valence-electron chi connectivity index (χ4n) is 4.11. The molecule has 0 rings (SSSR count). The second-order valence-corrected chi connectivity index (χ2v) is 10.5. The monoisotopic (exact) mass is 544 g/mol. The minimum absolute atomic E-state index is 0.0299. The average molecular weight is 545 g/mol. The van der Waals surface area contributed by atoms with E-state index < -0.39 is 0 Å². The lowest BCUT2D eigenvalue weighted by Gasteiger charge is -2.18. The number of carbonyl (C=O) groups excluding carboxylic acids is 2. The number of ether oxygens (including phenoxy) is 5. The molecule has 0 aliphatic carbocycles. The Morgan fingerprint density at radius 2 is 1.16 bits per heavy atom. The molecule has 0 radical (unpaired) electrons. The van der Waals surface area contributed by atoms with E-state index in [9.17, 15) is 9.59 Å². The first kappa shape index (κ1) is 36.8. The van der Waals surface area contributed by atoms with Crippen LogP contribution in [0.15, 0.2) is 0 Å². The van der Waals surface area contributed by atoms with Crippen molar-refractivity contribution >= 4 is 11.9 Å². The number of hydrogen-bond donors (Lipinski definition) is 0. The zero-order valence-electron chi connectivity index (χ0n) is 25.4. The number of carbonyl (C=O) groups is 2. The standard InChI is InChI=1S/C31H60O7/c1-6-9-20-28(7-2)38-31(33)22-17-13-11-15-19-24-36-29(25-34-8-3)26-35-23-18-14-10-12-16-21-30(32)37-27(4)5/h27-29H,6-26H2,1-5H3. The summed E-state index contributed by atoms with van der Waals surface area (Å²) >= 11 is 0. The molecule has 226 valence electrons. The largest absolute Gasteiger partial charge is 0.463 e. The van der Waals surface area contributed by atoms with Crippen molar-refractivity contribution in [2.24, 2.45) is 0 Å². The van der Waals surface area contributed by atoms with E-state index in [1.807, 2.05) is 20.8 Å². The molecule has 0 saturated carbocycles. The first-order valence-corrected chi connectivity index (χ1v) is 15.6. The van der Waals surface area contributed by atoms with E-state index in [1.165, 1.54) is 0 Å². The third kappa shape index (κ3) is 25.1. The van der Waals surface area contributed by atoms with E-state index in [-0.39, 0.29) is 30.3 Å². The quantitative estimate of drug-likeness (QED) is 0.0742. The summed E-state index contributed by atoms with van der Waals surface area (Å²) < 4.78 is 28.2. The van der Waals surface area contributed by atoms with Crippen LogP contribution in [0, 0.1) is 0 Å². The Kier molecular flexibility index (Phi) is 26.5. The van der Waals surface area contributed by atoms with Gasteiger partial charge in [-0.1, -0.05) is 65.2 Å². The zero-order chi connectivity index (χ0) is 28.3. The van der Waals surface area contributed by atoms with Gasteiger partial charge >= 0.3 is 11.9 Å². The minimum Gasteiger partial charge on any atom is -0.463 e. The molecule has 0 aliphatic rings. The van der Waals surface area contributed by atoms with Crippen LogP contribution in [0.3, 0.4) is 0 Å². The number of esters is 2. The van der Waals surface area contributed by atoms with Crippen molar-refractivity contribution in [2.45, 2.75) is 156 Å². The number of unbranched alkanes of at least 4 members (excludes halogenated alkanes) is 9. The molecular weight excluding hydrogens is 484 g/mol. The van der Waals surface area contributed by atoms with E-state index in [4.69, 9.17) is 23.7 Å². The highest BCUT2D eigenvalue weighted by Crippen LogP contribution is 2.12. The molecule has 2 unspecified atom stereocenters. The van der Waals surface area contributed by atoms with Crippen LogP contribution in [0.25, 0.3) is 0 Å². The molecule has 7 nitrogen and oxygen atoms in total. The first-order chi connectivity index (χ1) is 18.4. The van der Waals surface area contributed by atoms with Gasteiger partial charge in [-0.2, -0.15) is 0 Å². The summed E-state index contributed by atoms with van der Waals surface area (Å²) in [7, 11) is 0. The Morgan fingerprint density at radius 1 is 0.605 bits per heavy atom. The molecule has 0 saturated heterocycles. The van der Waals surface area contributed by atoms with Crippen LogP contribution in [0.5, 0.6) is 0 Å². The van der Waals surface area contributed by atoms with Gasteiger partial charge in [-0.15, -0.1) is 0 Å². The second kappa shape index (κ2) is 27.4. The lowest BCUT2D eigenvalue weighted by atomic mass is 10.1. The maximum absolute atomic E-state index is 12.0. The van der Waals surface area contributed by atoms with Crippen LogP contribution in [-0.2, 0) is 33.3 Å². The van der Waals surface area contributed by atoms with Crippen LogP contribution in [0.4, 0.5) is 0 Å². The van der Waals surface area contributed by atoms with Gasteiger partial charge in [0.05, 0.1) is 19.3 Å². The van der Waals surface area contributed by atoms with Crippen LogP contribution in [0.1, 0.15) is 137 Å². The molecule has 2 atom stereocenters. The third-order valence-corrected chi connectivity index (χ3v) is 6.36. The van der Waals surface area contributed by atoms with Crippen molar-refractivity contribution in [3.63, 3.8) is 0 Å². The van der Waals surface area contributed by atoms with Gasteiger partial charge in [-0.05, 0) is 59.3 Å². The molecule has 0 bridgehead atoms. The van der Waals surface area contributed by atoms with E-state index in [0.29, 0.717) is 39.3 Å².